The molecule has 1 aromatic carbocycles. The summed E-state index contributed by atoms with van der Waals surface area (Å²) in [7, 11) is 1.46. The van der Waals surface area contributed by atoms with Gasteiger partial charge in [-0.1, -0.05) is 23.2 Å². The van der Waals surface area contributed by atoms with Gasteiger partial charge >= 0.3 is 5.97 Å². The standard InChI is InChI=1S/C15H12Cl2N2O4/c1-7(20)18-11-6-10(19-14(13(11)17)15(21)22)9-4-3-8(16)5-12(9)23-2/h3-6H,1-2H3,(H,21,22)(H,18,19,20). The fourth-order valence-corrected chi connectivity index (χ4v) is 2.35. The molecule has 120 valence electrons. The van der Waals surface area contributed by atoms with E-state index in [1.165, 1.54) is 20.1 Å². The summed E-state index contributed by atoms with van der Waals surface area (Å²) in [6.45, 7) is 1.29. The molecule has 0 fully saturated rings. The smallest absolute Gasteiger partial charge is 0.356 e. The van der Waals surface area contributed by atoms with Gasteiger partial charge in [-0.3, -0.25) is 4.79 Å². The zero-order chi connectivity index (χ0) is 17.1. The van der Waals surface area contributed by atoms with Gasteiger partial charge in [0.15, 0.2) is 5.69 Å². The minimum atomic E-state index is -1.31. The van der Waals surface area contributed by atoms with Crippen LogP contribution in [0.4, 0.5) is 5.69 Å². The van der Waals surface area contributed by atoms with E-state index in [0.29, 0.717) is 16.3 Å². The summed E-state index contributed by atoms with van der Waals surface area (Å²) >= 11 is 11.9. The molecule has 0 aliphatic heterocycles. The third-order valence-electron chi connectivity index (χ3n) is 2.91. The van der Waals surface area contributed by atoms with E-state index in [2.05, 4.69) is 10.3 Å². The number of carboxylic acids is 1. The maximum Gasteiger partial charge on any atom is 0.356 e. The van der Waals surface area contributed by atoms with E-state index in [0.717, 1.165) is 0 Å². The van der Waals surface area contributed by atoms with E-state index < -0.39 is 5.97 Å². The van der Waals surface area contributed by atoms with Crippen LogP contribution in [0.1, 0.15) is 17.4 Å². The molecule has 2 rings (SSSR count). The van der Waals surface area contributed by atoms with Gasteiger partial charge in [-0.15, -0.1) is 0 Å². The lowest BCUT2D eigenvalue weighted by Gasteiger charge is -2.13. The molecule has 8 heteroatoms. The summed E-state index contributed by atoms with van der Waals surface area (Å²) in [6, 6.07) is 6.31. The highest BCUT2D eigenvalue weighted by atomic mass is 35.5. The van der Waals surface area contributed by atoms with Crippen molar-refractivity contribution in [2.24, 2.45) is 0 Å². The van der Waals surface area contributed by atoms with Gasteiger partial charge in [0.05, 0.1) is 23.5 Å². The molecule has 0 saturated carbocycles. The van der Waals surface area contributed by atoms with E-state index >= 15 is 0 Å². The van der Waals surface area contributed by atoms with Crippen LogP contribution in [0.5, 0.6) is 5.75 Å². The molecule has 2 aromatic rings. The maximum absolute atomic E-state index is 11.3. The van der Waals surface area contributed by atoms with Crippen LogP contribution in [0.25, 0.3) is 11.3 Å². The monoisotopic (exact) mass is 354 g/mol. The number of carbonyl (C=O) groups excluding carboxylic acids is 1. The van der Waals surface area contributed by atoms with Gasteiger partial charge in [-0.25, -0.2) is 9.78 Å². The van der Waals surface area contributed by atoms with Gasteiger partial charge in [0, 0.05) is 17.5 Å². The van der Waals surface area contributed by atoms with Gasteiger partial charge in [-0.2, -0.15) is 0 Å². The molecule has 2 N–H and O–H groups in total. The van der Waals surface area contributed by atoms with Crippen LogP contribution in [0, 0.1) is 0 Å². The van der Waals surface area contributed by atoms with Crippen molar-refractivity contribution in [2.45, 2.75) is 6.92 Å². The zero-order valence-electron chi connectivity index (χ0n) is 12.2. The number of halogens is 2. The Kier molecular flexibility index (Phi) is 5.08. The molecular formula is C15H12Cl2N2O4. The summed E-state index contributed by atoms with van der Waals surface area (Å²) in [5, 5.41) is 12.1. The van der Waals surface area contributed by atoms with Crippen molar-refractivity contribution in [1.29, 1.82) is 0 Å². The number of aromatic carboxylic acids is 1. The van der Waals surface area contributed by atoms with Gasteiger partial charge in [0.1, 0.15) is 5.75 Å². The highest BCUT2D eigenvalue weighted by Crippen LogP contribution is 2.35. The molecule has 0 bridgehead atoms. The number of aromatic nitrogens is 1. The lowest BCUT2D eigenvalue weighted by molar-refractivity contribution is -0.114. The van der Waals surface area contributed by atoms with Crippen LogP contribution in [-0.2, 0) is 4.79 Å². The number of carbonyl (C=O) groups is 2. The summed E-state index contributed by atoms with van der Waals surface area (Å²) < 4.78 is 5.24. The molecule has 0 spiro atoms. The number of carboxylic acid groups (broad SMARTS) is 1. The van der Waals surface area contributed by atoms with Crippen molar-refractivity contribution in [3.8, 4) is 17.0 Å². The SMILES string of the molecule is COc1cc(Cl)ccc1-c1cc(NC(C)=O)c(Cl)c(C(=O)O)n1. The Balaban J connectivity index is 2.69. The molecule has 1 amide bonds. The van der Waals surface area contributed by atoms with Crippen molar-refractivity contribution in [3.05, 3.63) is 40.0 Å². The first-order chi connectivity index (χ1) is 10.8. The van der Waals surface area contributed by atoms with Crippen LogP contribution < -0.4 is 10.1 Å². The fourth-order valence-electron chi connectivity index (χ4n) is 1.97. The number of anilines is 1. The van der Waals surface area contributed by atoms with E-state index in [1.54, 1.807) is 18.2 Å². The van der Waals surface area contributed by atoms with Crippen LogP contribution in [0.3, 0.4) is 0 Å². The van der Waals surface area contributed by atoms with E-state index in [4.69, 9.17) is 27.9 Å². The molecule has 0 aliphatic carbocycles. The lowest BCUT2D eigenvalue weighted by atomic mass is 10.1. The maximum atomic E-state index is 11.3. The molecular weight excluding hydrogens is 343 g/mol. The van der Waals surface area contributed by atoms with Crippen molar-refractivity contribution < 1.29 is 19.4 Å². The van der Waals surface area contributed by atoms with E-state index in [1.807, 2.05) is 0 Å². The Morgan fingerprint density at radius 2 is 1.96 bits per heavy atom. The zero-order valence-corrected chi connectivity index (χ0v) is 13.7. The average Bonchev–Trinajstić information content (AvgIpc) is 2.48. The van der Waals surface area contributed by atoms with Gasteiger partial charge in [0.25, 0.3) is 0 Å². The predicted octanol–water partition coefficient (Wildman–Crippen LogP) is 3.72. The Labute approximate surface area is 142 Å². The second kappa shape index (κ2) is 6.85. The molecule has 1 aromatic heterocycles. The fraction of sp³-hybridized carbons (Fsp3) is 0.133. The van der Waals surface area contributed by atoms with Crippen LogP contribution in [0.2, 0.25) is 10.0 Å². The number of ether oxygens (including phenoxy) is 1. The van der Waals surface area contributed by atoms with Crippen LogP contribution in [0.15, 0.2) is 24.3 Å². The van der Waals surface area contributed by atoms with Crippen molar-refractivity contribution >= 4 is 40.8 Å². The minimum absolute atomic E-state index is 0.149. The molecule has 0 radical (unpaired) electrons. The number of amides is 1. The topological polar surface area (TPSA) is 88.5 Å². The molecule has 0 aliphatic rings. The van der Waals surface area contributed by atoms with E-state index in [9.17, 15) is 14.7 Å². The Morgan fingerprint density at radius 1 is 1.26 bits per heavy atom. The highest BCUT2D eigenvalue weighted by Gasteiger charge is 2.19. The first kappa shape index (κ1) is 17.1. The second-order valence-corrected chi connectivity index (χ2v) is 5.36. The van der Waals surface area contributed by atoms with E-state index in [-0.39, 0.29) is 28.0 Å². The highest BCUT2D eigenvalue weighted by molar-refractivity contribution is 6.36. The van der Waals surface area contributed by atoms with Gasteiger partial charge in [-0.05, 0) is 24.3 Å². The number of nitrogens with zero attached hydrogens (tertiary/aromatic N) is 1. The average molecular weight is 355 g/mol. The van der Waals surface area contributed by atoms with Crippen LogP contribution in [-0.4, -0.2) is 29.1 Å². The number of methoxy groups -OCH3 is 1. The van der Waals surface area contributed by atoms with Crippen molar-refractivity contribution in [1.82, 2.24) is 4.98 Å². The first-order valence-electron chi connectivity index (χ1n) is 6.38. The quantitative estimate of drug-likeness (QED) is 0.873. The van der Waals surface area contributed by atoms with Gasteiger partial charge < -0.3 is 15.2 Å². The number of nitrogens with one attached hydrogen (secondary N) is 1. The largest absolute Gasteiger partial charge is 0.496 e. The summed E-state index contributed by atoms with van der Waals surface area (Å²) in [5.74, 6) is -1.28. The van der Waals surface area contributed by atoms with Crippen molar-refractivity contribution in [2.75, 3.05) is 12.4 Å². The number of hydrogen-bond acceptors (Lipinski definition) is 4. The summed E-state index contributed by atoms with van der Waals surface area (Å²) in [5.41, 5.74) is 0.579. The lowest BCUT2D eigenvalue weighted by Crippen LogP contribution is -2.10. The van der Waals surface area contributed by atoms with Crippen LogP contribution >= 0.6 is 23.2 Å². The molecule has 0 saturated heterocycles. The summed E-state index contributed by atoms with van der Waals surface area (Å²) in [4.78, 5) is 26.7. The van der Waals surface area contributed by atoms with Gasteiger partial charge in [0.2, 0.25) is 5.91 Å². The van der Waals surface area contributed by atoms with Crippen molar-refractivity contribution in [3.63, 3.8) is 0 Å². The Morgan fingerprint density at radius 3 is 2.52 bits per heavy atom. The molecule has 0 atom stereocenters. The Hall–Kier alpha value is -2.31. The minimum Gasteiger partial charge on any atom is -0.496 e. The normalized spacial score (nSPS) is 10.3. The molecule has 1 heterocycles. The second-order valence-electron chi connectivity index (χ2n) is 4.55. The molecule has 0 unspecified atom stereocenters. The first-order valence-corrected chi connectivity index (χ1v) is 7.14. The third kappa shape index (κ3) is 3.72. The third-order valence-corrected chi connectivity index (χ3v) is 3.53. The number of pyridine rings is 1. The molecule has 23 heavy (non-hydrogen) atoms. The number of benzene rings is 1. The number of hydrogen-bond donors (Lipinski definition) is 2. The number of rotatable bonds is 4. The summed E-state index contributed by atoms with van der Waals surface area (Å²) in [6.07, 6.45) is 0. The molecule has 6 nitrogen and oxygen atoms in total. The predicted molar refractivity (Wildman–Crippen MR) is 87.5 cm³/mol. The Bertz CT molecular complexity index is 793.